The van der Waals surface area contributed by atoms with Gasteiger partial charge in [-0.25, -0.2) is 0 Å². The Morgan fingerprint density at radius 3 is 2.47 bits per heavy atom. The van der Waals surface area contributed by atoms with Gasteiger partial charge in [-0.1, -0.05) is 48.5 Å². The first-order valence-electron chi connectivity index (χ1n) is 6.51. The highest BCUT2D eigenvalue weighted by atomic mass is 15.5. The fraction of sp³-hybridized carbons (Fsp3) is 0.0588. The number of nitrogens with zero attached hydrogens (tertiary/aromatic N) is 1. The van der Waals surface area contributed by atoms with E-state index in [1.807, 2.05) is 0 Å². The van der Waals surface area contributed by atoms with Crippen LogP contribution in [0.3, 0.4) is 0 Å². The largest absolute Gasteiger partial charge is 0.298 e. The van der Waals surface area contributed by atoms with Crippen LogP contribution >= 0.6 is 0 Å². The van der Waals surface area contributed by atoms with E-state index in [4.69, 9.17) is 0 Å². The van der Waals surface area contributed by atoms with Crippen molar-refractivity contribution in [3.05, 3.63) is 72.3 Å². The SMILES string of the molecule is c1ccc2c(c1)CN(c1ccc3ccccc3c1)N2. The second kappa shape index (κ2) is 4.02. The van der Waals surface area contributed by atoms with Crippen molar-refractivity contribution in [3.63, 3.8) is 0 Å². The average molecular weight is 246 g/mol. The molecule has 0 unspecified atom stereocenters. The highest BCUT2D eigenvalue weighted by molar-refractivity contribution is 5.86. The molecule has 3 aromatic carbocycles. The standard InChI is InChI=1S/C17H14N2/c1-2-6-14-11-16(10-9-13(14)5-1)19-12-15-7-3-4-8-17(15)18-19/h1-11,18H,12H2. The van der Waals surface area contributed by atoms with Crippen molar-refractivity contribution in [1.29, 1.82) is 0 Å². The molecule has 0 fully saturated rings. The summed E-state index contributed by atoms with van der Waals surface area (Å²) in [4.78, 5) is 0. The predicted octanol–water partition coefficient (Wildman–Crippen LogP) is 4.19. The summed E-state index contributed by atoms with van der Waals surface area (Å²) in [5, 5.41) is 4.75. The maximum absolute atomic E-state index is 3.45. The lowest BCUT2D eigenvalue weighted by Gasteiger charge is -2.19. The van der Waals surface area contributed by atoms with Crippen molar-refractivity contribution in [2.24, 2.45) is 0 Å². The van der Waals surface area contributed by atoms with Gasteiger partial charge in [0.05, 0.1) is 17.9 Å². The molecule has 19 heavy (non-hydrogen) atoms. The zero-order valence-corrected chi connectivity index (χ0v) is 10.5. The van der Waals surface area contributed by atoms with E-state index in [-0.39, 0.29) is 0 Å². The highest BCUT2D eigenvalue weighted by Crippen LogP contribution is 2.30. The number of fused-ring (bicyclic) bond motifs is 2. The minimum atomic E-state index is 0.911. The molecule has 3 aromatic rings. The van der Waals surface area contributed by atoms with Crippen molar-refractivity contribution in [2.45, 2.75) is 6.54 Å². The van der Waals surface area contributed by atoms with Gasteiger partial charge in [0.2, 0.25) is 0 Å². The van der Waals surface area contributed by atoms with Gasteiger partial charge in [-0.2, -0.15) is 0 Å². The van der Waals surface area contributed by atoms with Gasteiger partial charge in [0.25, 0.3) is 0 Å². The van der Waals surface area contributed by atoms with Crippen molar-refractivity contribution in [1.82, 2.24) is 0 Å². The lowest BCUT2D eigenvalue weighted by atomic mass is 10.1. The molecule has 0 aliphatic carbocycles. The van der Waals surface area contributed by atoms with Crippen LogP contribution in [-0.4, -0.2) is 0 Å². The summed E-state index contributed by atoms with van der Waals surface area (Å²) in [6.07, 6.45) is 0. The Balaban J connectivity index is 1.73. The van der Waals surface area contributed by atoms with E-state index in [0.717, 1.165) is 6.54 Å². The molecular formula is C17H14N2. The third-order valence-corrected chi connectivity index (χ3v) is 3.65. The van der Waals surface area contributed by atoms with Crippen LogP contribution in [0.2, 0.25) is 0 Å². The Morgan fingerprint density at radius 2 is 1.58 bits per heavy atom. The Labute approximate surface area is 112 Å². The first-order chi connectivity index (χ1) is 9.40. The zero-order chi connectivity index (χ0) is 12.7. The molecule has 0 atom stereocenters. The van der Waals surface area contributed by atoms with Crippen LogP contribution in [0.15, 0.2) is 66.7 Å². The fourth-order valence-electron chi connectivity index (χ4n) is 2.62. The van der Waals surface area contributed by atoms with Crippen molar-refractivity contribution in [3.8, 4) is 0 Å². The van der Waals surface area contributed by atoms with Crippen LogP contribution in [0.1, 0.15) is 5.56 Å². The Kier molecular flexibility index (Phi) is 2.21. The number of hydrazine groups is 1. The number of benzene rings is 3. The Morgan fingerprint density at radius 1 is 0.789 bits per heavy atom. The summed E-state index contributed by atoms with van der Waals surface area (Å²) in [7, 11) is 0. The summed E-state index contributed by atoms with van der Waals surface area (Å²) >= 11 is 0. The van der Waals surface area contributed by atoms with Gasteiger partial charge in [-0.15, -0.1) is 0 Å². The van der Waals surface area contributed by atoms with E-state index in [1.165, 1.54) is 27.7 Å². The van der Waals surface area contributed by atoms with Crippen LogP contribution in [-0.2, 0) is 6.54 Å². The van der Waals surface area contributed by atoms with Crippen LogP contribution in [0.4, 0.5) is 11.4 Å². The molecule has 0 radical (unpaired) electrons. The molecule has 92 valence electrons. The minimum absolute atomic E-state index is 0.911. The minimum Gasteiger partial charge on any atom is -0.298 e. The van der Waals surface area contributed by atoms with Crippen LogP contribution in [0.25, 0.3) is 10.8 Å². The fourth-order valence-corrected chi connectivity index (χ4v) is 2.62. The van der Waals surface area contributed by atoms with Gasteiger partial charge >= 0.3 is 0 Å². The third kappa shape index (κ3) is 1.73. The van der Waals surface area contributed by atoms with Gasteiger partial charge in [0.15, 0.2) is 0 Å². The van der Waals surface area contributed by atoms with Gasteiger partial charge in [0, 0.05) is 0 Å². The monoisotopic (exact) mass is 246 g/mol. The number of hydrogen-bond acceptors (Lipinski definition) is 2. The summed E-state index contributed by atoms with van der Waals surface area (Å²) in [5.74, 6) is 0. The molecule has 1 aliphatic heterocycles. The average Bonchev–Trinajstić information content (AvgIpc) is 2.90. The van der Waals surface area contributed by atoms with Crippen molar-refractivity contribution in [2.75, 3.05) is 10.4 Å². The van der Waals surface area contributed by atoms with Crippen LogP contribution in [0.5, 0.6) is 0 Å². The van der Waals surface area contributed by atoms with Crippen molar-refractivity contribution >= 4 is 22.1 Å². The topological polar surface area (TPSA) is 15.3 Å². The first kappa shape index (κ1) is 10.4. The molecule has 1 aliphatic rings. The second-order valence-corrected chi connectivity index (χ2v) is 4.89. The van der Waals surface area contributed by atoms with Crippen LogP contribution < -0.4 is 10.4 Å². The normalized spacial score (nSPS) is 13.4. The summed E-state index contributed by atoms with van der Waals surface area (Å²) < 4.78 is 0. The van der Waals surface area contributed by atoms with E-state index in [1.54, 1.807) is 0 Å². The second-order valence-electron chi connectivity index (χ2n) is 4.89. The van der Waals surface area contributed by atoms with E-state index in [2.05, 4.69) is 77.2 Å². The van der Waals surface area contributed by atoms with E-state index >= 15 is 0 Å². The molecule has 0 aromatic heterocycles. The molecule has 0 spiro atoms. The van der Waals surface area contributed by atoms with E-state index < -0.39 is 0 Å². The molecule has 0 saturated heterocycles. The van der Waals surface area contributed by atoms with Gasteiger partial charge in [0.1, 0.15) is 0 Å². The summed E-state index contributed by atoms with van der Waals surface area (Å²) in [6, 6.07) is 23.5. The zero-order valence-electron chi connectivity index (χ0n) is 10.5. The molecule has 0 amide bonds. The van der Waals surface area contributed by atoms with Gasteiger partial charge in [-0.3, -0.25) is 10.4 Å². The maximum Gasteiger partial charge on any atom is 0.0665 e. The quantitative estimate of drug-likeness (QED) is 0.692. The molecule has 1 heterocycles. The summed E-state index contributed by atoms with van der Waals surface area (Å²) in [5.41, 5.74) is 7.20. The Bertz CT molecular complexity index is 724. The van der Waals surface area contributed by atoms with E-state index in [9.17, 15) is 0 Å². The highest BCUT2D eigenvalue weighted by Gasteiger charge is 2.17. The molecule has 2 heteroatoms. The molecule has 2 nitrogen and oxygen atoms in total. The van der Waals surface area contributed by atoms with Gasteiger partial charge < -0.3 is 0 Å². The maximum atomic E-state index is 3.45. The number of rotatable bonds is 1. The summed E-state index contributed by atoms with van der Waals surface area (Å²) in [6.45, 7) is 0.911. The van der Waals surface area contributed by atoms with E-state index in [0.29, 0.717) is 0 Å². The molecule has 4 rings (SSSR count). The third-order valence-electron chi connectivity index (χ3n) is 3.65. The lowest BCUT2D eigenvalue weighted by Crippen LogP contribution is -2.22. The molecular weight excluding hydrogens is 232 g/mol. The lowest BCUT2D eigenvalue weighted by molar-refractivity contribution is 0.971. The number of anilines is 2. The number of nitrogens with one attached hydrogen (secondary N) is 1. The smallest absolute Gasteiger partial charge is 0.0665 e. The van der Waals surface area contributed by atoms with Crippen LogP contribution in [0, 0.1) is 0 Å². The number of para-hydroxylation sites is 1. The number of hydrogen-bond donors (Lipinski definition) is 1. The Hall–Kier alpha value is -2.48. The van der Waals surface area contributed by atoms with Gasteiger partial charge in [-0.05, 0) is 34.5 Å². The molecule has 0 saturated carbocycles. The molecule has 0 bridgehead atoms. The first-order valence-corrected chi connectivity index (χ1v) is 6.51. The molecule has 1 N–H and O–H groups in total. The van der Waals surface area contributed by atoms with Crippen molar-refractivity contribution < 1.29 is 0 Å². The predicted molar refractivity (Wildman–Crippen MR) is 80.2 cm³/mol.